The topological polar surface area (TPSA) is 193 Å². The van der Waals surface area contributed by atoms with Crippen molar-refractivity contribution in [1.82, 2.24) is 25.2 Å². The first kappa shape index (κ1) is 45.1. The molecule has 2 aliphatic carbocycles. The Hall–Kier alpha value is -5.44. The lowest BCUT2D eigenvalue weighted by Crippen LogP contribution is -2.58. The SMILES string of the molecule is C=CCC(NC(=O)[C@@H]1CCCN1C(=O)[C@@H](NC(=O)OCC(C)(C)CC/C=C/c1cc2c(=O)cc(-c3ccccc3)[nH]c2cc1OC)C1CCCCC1)C(=O)NS(=O)(=O)C1CC1. The van der Waals surface area contributed by atoms with Crippen LogP contribution in [-0.2, 0) is 29.1 Å². The maximum absolute atomic E-state index is 14.3. The van der Waals surface area contributed by atoms with Crippen LogP contribution in [0.1, 0.15) is 96.5 Å². The fraction of sp³-hybridized carbons (Fsp3) is 0.500. The molecule has 15 heteroatoms. The van der Waals surface area contributed by atoms with Gasteiger partial charge in [-0.05, 0) is 80.8 Å². The number of carbonyl (C=O) groups is 4. The summed E-state index contributed by atoms with van der Waals surface area (Å²) < 4.78 is 38.4. The Morgan fingerprint density at radius 3 is 2.41 bits per heavy atom. The molecule has 61 heavy (non-hydrogen) atoms. The van der Waals surface area contributed by atoms with Gasteiger partial charge in [0.2, 0.25) is 21.8 Å². The molecular weight excluding hydrogens is 799 g/mol. The molecule has 2 heterocycles. The van der Waals surface area contributed by atoms with Gasteiger partial charge in [-0.1, -0.05) is 81.7 Å². The first-order chi connectivity index (χ1) is 29.2. The maximum Gasteiger partial charge on any atom is 0.407 e. The Bertz CT molecular complexity index is 2280. The summed E-state index contributed by atoms with van der Waals surface area (Å²) in [6.07, 6.45) is 12.1. The Labute approximate surface area is 358 Å². The number of methoxy groups -OCH3 is 1. The predicted molar refractivity (Wildman–Crippen MR) is 235 cm³/mol. The van der Waals surface area contributed by atoms with E-state index in [1.54, 1.807) is 13.2 Å². The van der Waals surface area contributed by atoms with Gasteiger partial charge in [0.25, 0.3) is 5.91 Å². The molecule has 3 fully saturated rings. The van der Waals surface area contributed by atoms with Gasteiger partial charge >= 0.3 is 6.09 Å². The van der Waals surface area contributed by atoms with E-state index in [0.717, 1.165) is 48.9 Å². The third kappa shape index (κ3) is 11.7. The minimum absolute atomic E-state index is 0.00116. The van der Waals surface area contributed by atoms with Gasteiger partial charge in [0.05, 0.1) is 24.5 Å². The molecular formula is C46H59N5O9S. The monoisotopic (exact) mass is 857 g/mol. The van der Waals surface area contributed by atoms with Crippen LogP contribution in [0.15, 0.2) is 72.1 Å². The molecule has 2 aromatic carbocycles. The Morgan fingerprint density at radius 2 is 1.72 bits per heavy atom. The molecule has 1 unspecified atom stereocenters. The quantitative estimate of drug-likeness (QED) is 0.105. The normalized spacial score (nSPS) is 18.3. The highest BCUT2D eigenvalue weighted by Gasteiger charge is 2.43. The zero-order valence-electron chi connectivity index (χ0n) is 35.4. The van der Waals surface area contributed by atoms with E-state index >= 15 is 0 Å². The summed E-state index contributed by atoms with van der Waals surface area (Å²) in [5.74, 6) is -1.32. The third-order valence-electron chi connectivity index (χ3n) is 11.9. The first-order valence-corrected chi connectivity index (χ1v) is 22.9. The Balaban J connectivity index is 1.05. The number of alkyl carbamates (subject to hydrolysis) is 1. The number of benzene rings is 2. The average Bonchev–Trinajstić information content (AvgIpc) is 4.01. The van der Waals surface area contributed by atoms with Crippen LogP contribution in [0.5, 0.6) is 5.75 Å². The number of rotatable bonds is 18. The summed E-state index contributed by atoms with van der Waals surface area (Å²) in [7, 11) is -2.24. The molecule has 328 valence electrons. The van der Waals surface area contributed by atoms with Crippen LogP contribution in [0.4, 0.5) is 4.79 Å². The van der Waals surface area contributed by atoms with Crippen molar-refractivity contribution in [3.05, 3.63) is 83.0 Å². The average molecular weight is 858 g/mol. The van der Waals surface area contributed by atoms with Crippen LogP contribution in [0.2, 0.25) is 0 Å². The van der Waals surface area contributed by atoms with E-state index < -0.39 is 56.7 Å². The number of hydrogen-bond acceptors (Lipinski definition) is 9. The number of nitrogens with zero attached hydrogens (tertiary/aromatic N) is 1. The highest BCUT2D eigenvalue weighted by molar-refractivity contribution is 7.90. The number of hydrogen-bond donors (Lipinski definition) is 4. The number of likely N-dealkylation sites (tertiary alicyclic amines) is 1. The van der Waals surface area contributed by atoms with E-state index in [9.17, 15) is 32.4 Å². The molecule has 2 saturated carbocycles. The number of pyridine rings is 1. The first-order valence-electron chi connectivity index (χ1n) is 21.4. The number of ether oxygens (including phenoxy) is 2. The number of carbonyl (C=O) groups excluding carboxylic acids is 4. The van der Waals surface area contributed by atoms with Gasteiger partial charge in [-0.2, -0.15) is 0 Å². The minimum atomic E-state index is -3.83. The van der Waals surface area contributed by atoms with E-state index in [4.69, 9.17) is 9.47 Å². The van der Waals surface area contributed by atoms with Crippen LogP contribution in [0.3, 0.4) is 0 Å². The standard InChI is InChI=1S/C46H59N5O9S/c1-5-15-35(42(53)50-61(57,58)33-22-23-33)48-43(54)38-21-14-25-51(38)44(55)41(31-18-10-7-11-19-31)49-45(56)60-29-46(2,3)24-13-12-20-32-26-34-37(28-40(32)59-4)47-36(27-39(34)52)30-16-8-6-9-17-30/h5-6,8-9,12,16-17,20,26-28,31,33,35,38,41H,1,7,10-11,13-15,18-19,21-25,29H2,2-4H3,(H,47,52)(H,48,54)(H,49,56)(H,50,53)/b20-12+/t35?,38-,41-/m0/s1. The van der Waals surface area contributed by atoms with Crippen LogP contribution in [-0.4, -0.2) is 85.8 Å². The minimum Gasteiger partial charge on any atom is -0.496 e. The number of aromatic amines is 1. The fourth-order valence-electron chi connectivity index (χ4n) is 8.23. The Morgan fingerprint density at radius 1 is 0.984 bits per heavy atom. The zero-order chi connectivity index (χ0) is 43.7. The van der Waals surface area contributed by atoms with E-state index in [1.165, 1.54) is 11.0 Å². The van der Waals surface area contributed by atoms with Crippen LogP contribution < -0.4 is 25.5 Å². The summed E-state index contributed by atoms with van der Waals surface area (Å²) in [5, 5.41) is 5.46. The molecule has 4 N–H and O–H groups in total. The molecule has 0 radical (unpaired) electrons. The molecule has 6 rings (SSSR count). The predicted octanol–water partition coefficient (Wildman–Crippen LogP) is 6.36. The van der Waals surface area contributed by atoms with Gasteiger partial charge in [-0.25, -0.2) is 13.2 Å². The number of aromatic nitrogens is 1. The fourth-order valence-corrected chi connectivity index (χ4v) is 9.58. The van der Waals surface area contributed by atoms with Gasteiger partial charge in [0, 0.05) is 35.3 Å². The van der Waals surface area contributed by atoms with Gasteiger partial charge in [0.1, 0.15) is 23.9 Å². The van der Waals surface area contributed by atoms with Crippen molar-refractivity contribution in [2.24, 2.45) is 11.3 Å². The van der Waals surface area contributed by atoms with Crippen LogP contribution >= 0.6 is 0 Å². The summed E-state index contributed by atoms with van der Waals surface area (Å²) in [6, 6.07) is 11.9. The number of allylic oxidation sites excluding steroid dienone is 1. The van der Waals surface area contributed by atoms with E-state index in [1.807, 2.05) is 68.5 Å². The lowest BCUT2D eigenvalue weighted by Gasteiger charge is -2.35. The molecule has 1 saturated heterocycles. The van der Waals surface area contributed by atoms with Crippen LogP contribution in [0.25, 0.3) is 28.2 Å². The molecule has 3 aliphatic rings. The summed E-state index contributed by atoms with van der Waals surface area (Å²) in [6.45, 7) is 8.02. The molecule has 0 spiro atoms. The number of sulfonamides is 1. The maximum atomic E-state index is 14.3. The van der Waals surface area contributed by atoms with Crippen LogP contribution in [0, 0.1) is 11.3 Å². The van der Waals surface area contributed by atoms with Gasteiger partial charge in [-0.15, -0.1) is 6.58 Å². The molecule has 14 nitrogen and oxygen atoms in total. The summed E-state index contributed by atoms with van der Waals surface area (Å²) in [5.41, 5.74) is 2.55. The lowest BCUT2D eigenvalue weighted by molar-refractivity contribution is -0.142. The van der Waals surface area contributed by atoms with Gasteiger partial charge in [0.15, 0.2) is 5.43 Å². The molecule has 1 aromatic heterocycles. The van der Waals surface area contributed by atoms with E-state index in [2.05, 4.69) is 26.9 Å². The van der Waals surface area contributed by atoms with Crippen molar-refractivity contribution in [2.75, 3.05) is 20.3 Å². The smallest absolute Gasteiger partial charge is 0.407 e. The number of nitrogens with one attached hydrogen (secondary N) is 4. The van der Waals surface area contributed by atoms with E-state index in [0.29, 0.717) is 61.7 Å². The second kappa shape index (κ2) is 20.0. The van der Waals surface area contributed by atoms with Crippen molar-refractivity contribution in [1.29, 1.82) is 0 Å². The lowest BCUT2D eigenvalue weighted by atomic mass is 9.83. The van der Waals surface area contributed by atoms with E-state index in [-0.39, 0.29) is 30.3 Å². The highest BCUT2D eigenvalue weighted by Crippen LogP contribution is 2.32. The number of fused-ring (bicyclic) bond motifs is 1. The third-order valence-corrected chi connectivity index (χ3v) is 13.7. The van der Waals surface area contributed by atoms with Crippen molar-refractivity contribution >= 4 is 50.8 Å². The van der Waals surface area contributed by atoms with Crippen molar-refractivity contribution in [3.8, 4) is 17.0 Å². The molecule has 0 bridgehead atoms. The van der Waals surface area contributed by atoms with Crippen molar-refractivity contribution in [2.45, 2.75) is 114 Å². The molecule has 3 atom stereocenters. The second-order valence-corrected chi connectivity index (χ2v) is 19.2. The molecule has 4 amide bonds. The Kier molecular flexibility index (Phi) is 14.8. The number of amides is 4. The molecule has 1 aliphatic heterocycles. The van der Waals surface area contributed by atoms with Crippen molar-refractivity contribution < 1.29 is 37.1 Å². The molecule has 3 aromatic rings. The zero-order valence-corrected chi connectivity index (χ0v) is 36.2. The largest absolute Gasteiger partial charge is 0.496 e. The number of H-pyrrole nitrogens is 1. The summed E-state index contributed by atoms with van der Waals surface area (Å²) in [4.78, 5) is 72.2. The van der Waals surface area contributed by atoms with Gasteiger partial charge < -0.3 is 30.0 Å². The summed E-state index contributed by atoms with van der Waals surface area (Å²) >= 11 is 0. The second-order valence-electron chi connectivity index (χ2n) is 17.2. The highest BCUT2D eigenvalue weighted by atomic mass is 32.2. The van der Waals surface area contributed by atoms with Crippen molar-refractivity contribution in [3.63, 3.8) is 0 Å². The van der Waals surface area contributed by atoms with Gasteiger partial charge in [-0.3, -0.25) is 23.9 Å².